The minimum atomic E-state index is -1.11. The van der Waals surface area contributed by atoms with Crippen molar-refractivity contribution < 1.29 is 24.2 Å². The van der Waals surface area contributed by atoms with Crippen molar-refractivity contribution in [3.63, 3.8) is 0 Å². The van der Waals surface area contributed by atoms with Crippen LogP contribution in [-0.2, 0) is 29.7 Å². The zero-order valence-electron chi connectivity index (χ0n) is 22.9. The summed E-state index contributed by atoms with van der Waals surface area (Å²) in [6.45, 7) is 8.10. The van der Waals surface area contributed by atoms with Crippen LogP contribution in [-0.4, -0.2) is 67.6 Å². The van der Waals surface area contributed by atoms with E-state index in [-0.39, 0.29) is 24.6 Å². The number of ether oxygens (including phenoxy) is 2. The smallest absolute Gasteiger partial charge is 0.410 e. The molecule has 2 amide bonds. The molecule has 1 aromatic carbocycles. The average molecular weight is 535 g/mol. The summed E-state index contributed by atoms with van der Waals surface area (Å²) in [4.78, 5) is 32.2. The predicted molar refractivity (Wildman–Crippen MR) is 144 cm³/mol. The lowest BCUT2D eigenvalue weighted by atomic mass is 9.96. The maximum atomic E-state index is 13.4. The van der Waals surface area contributed by atoms with Crippen molar-refractivity contribution in [3.8, 4) is 17.3 Å². The van der Waals surface area contributed by atoms with Crippen LogP contribution in [0.2, 0.25) is 0 Å². The Balaban J connectivity index is 1.36. The Kier molecular flexibility index (Phi) is 6.79. The van der Waals surface area contributed by atoms with Crippen LogP contribution in [0.25, 0.3) is 11.5 Å². The molecule has 2 N–H and O–H groups in total. The molecule has 0 saturated carbocycles. The van der Waals surface area contributed by atoms with Crippen molar-refractivity contribution in [1.82, 2.24) is 24.6 Å². The third-order valence-corrected chi connectivity index (χ3v) is 7.10. The largest absolute Gasteiger partial charge is 0.496 e. The van der Waals surface area contributed by atoms with Crippen LogP contribution in [0.1, 0.15) is 61.4 Å². The zero-order chi connectivity index (χ0) is 27.9. The van der Waals surface area contributed by atoms with Gasteiger partial charge in [-0.05, 0) is 75.9 Å². The van der Waals surface area contributed by atoms with Gasteiger partial charge in [-0.3, -0.25) is 4.79 Å². The van der Waals surface area contributed by atoms with Crippen LogP contribution in [0.3, 0.4) is 0 Å². The summed E-state index contributed by atoms with van der Waals surface area (Å²) < 4.78 is 12.9. The number of carbonyl (C=O) groups excluding carboxylic acids is 2. The number of methoxy groups -OCH3 is 1. The summed E-state index contributed by atoms with van der Waals surface area (Å²) in [5.74, 6) is 2.04. The molecule has 0 atom stereocenters. The molecular weight excluding hydrogens is 500 g/mol. The SMILES string of the molecule is COc1cc2c(cc1C(=O)Nc1cccc(-c3nnc4n3C(C)(C)CC4)n1)CN(C(=O)OCC(C)(C)O)CC2. The molecule has 206 valence electrons. The molecule has 11 nitrogen and oxygen atoms in total. The van der Waals surface area contributed by atoms with Crippen molar-refractivity contribution >= 4 is 17.8 Å². The minimum Gasteiger partial charge on any atom is -0.496 e. The Labute approximate surface area is 227 Å². The van der Waals surface area contributed by atoms with E-state index in [0.29, 0.717) is 41.6 Å². The Morgan fingerprint density at radius 1 is 1.15 bits per heavy atom. The second kappa shape index (κ2) is 9.96. The van der Waals surface area contributed by atoms with Crippen LogP contribution in [0.4, 0.5) is 10.6 Å². The van der Waals surface area contributed by atoms with Crippen LogP contribution in [0, 0.1) is 0 Å². The monoisotopic (exact) mass is 534 g/mol. The number of hydrogen-bond acceptors (Lipinski definition) is 8. The normalized spacial score (nSPS) is 15.9. The van der Waals surface area contributed by atoms with Crippen molar-refractivity contribution in [2.75, 3.05) is 25.6 Å². The molecule has 0 bridgehead atoms. The molecule has 0 unspecified atom stereocenters. The Morgan fingerprint density at radius 2 is 1.95 bits per heavy atom. The maximum absolute atomic E-state index is 13.4. The molecule has 2 aromatic heterocycles. The Hall–Kier alpha value is -3.99. The molecule has 2 aliphatic rings. The van der Waals surface area contributed by atoms with Crippen molar-refractivity contribution in [2.24, 2.45) is 0 Å². The number of carbonyl (C=O) groups is 2. The molecular formula is C28H34N6O5. The number of nitrogens with one attached hydrogen (secondary N) is 1. The predicted octanol–water partition coefficient (Wildman–Crippen LogP) is 3.55. The molecule has 4 heterocycles. The van der Waals surface area contributed by atoms with Gasteiger partial charge in [-0.25, -0.2) is 9.78 Å². The second-order valence-electron chi connectivity index (χ2n) is 11.3. The first-order valence-electron chi connectivity index (χ1n) is 13.0. The standard InChI is InChI=1S/C28H34N6O5/c1-27(2)11-9-23-31-32-24(34(23)27)20-7-6-8-22(29-20)30-25(35)19-13-18-15-33(26(36)39-16-28(3,4)37)12-10-17(18)14-21(19)38-5/h6-8,13-14,37H,9-12,15-16H2,1-5H3,(H,29,30,35). The van der Waals surface area contributed by atoms with Gasteiger partial charge in [0.15, 0.2) is 5.82 Å². The third-order valence-electron chi connectivity index (χ3n) is 7.10. The van der Waals surface area contributed by atoms with E-state index < -0.39 is 11.7 Å². The highest BCUT2D eigenvalue weighted by Crippen LogP contribution is 2.35. The molecule has 3 aromatic rings. The summed E-state index contributed by atoms with van der Waals surface area (Å²) in [6, 6.07) is 8.99. The van der Waals surface area contributed by atoms with Gasteiger partial charge in [-0.15, -0.1) is 10.2 Å². The van der Waals surface area contributed by atoms with Gasteiger partial charge in [0.1, 0.15) is 29.7 Å². The molecule has 0 radical (unpaired) electrons. The molecule has 0 saturated heterocycles. The van der Waals surface area contributed by atoms with E-state index in [1.165, 1.54) is 7.11 Å². The first kappa shape index (κ1) is 26.6. The van der Waals surface area contributed by atoms with Crippen LogP contribution in [0.5, 0.6) is 5.75 Å². The number of nitrogens with zero attached hydrogens (tertiary/aromatic N) is 5. The number of aryl methyl sites for hydroxylation is 1. The molecule has 0 spiro atoms. The van der Waals surface area contributed by atoms with Gasteiger partial charge in [0.2, 0.25) is 0 Å². The second-order valence-corrected chi connectivity index (χ2v) is 11.3. The van der Waals surface area contributed by atoms with Crippen molar-refractivity contribution in [2.45, 2.75) is 64.6 Å². The quantitative estimate of drug-likeness (QED) is 0.491. The van der Waals surface area contributed by atoms with E-state index in [9.17, 15) is 14.7 Å². The number of pyridine rings is 1. The Morgan fingerprint density at radius 3 is 2.69 bits per heavy atom. The topological polar surface area (TPSA) is 132 Å². The fourth-order valence-corrected chi connectivity index (χ4v) is 5.04. The zero-order valence-corrected chi connectivity index (χ0v) is 22.9. The number of aromatic nitrogens is 4. The molecule has 0 aliphatic carbocycles. The van der Waals surface area contributed by atoms with E-state index in [2.05, 4.69) is 38.9 Å². The van der Waals surface area contributed by atoms with Crippen LogP contribution in [0.15, 0.2) is 30.3 Å². The van der Waals surface area contributed by atoms with Crippen LogP contribution < -0.4 is 10.1 Å². The fraction of sp³-hybridized carbons (Fsp3) is 0.464. The third kappa shape index (κ3) is 5.44. The average Bonchev–Trinajstić information content (AvgIpc) is 3.46. The van der Waals surface area contributed by atoms with Crippen molar-refractivity contribution in [1.29, 1.82) is 0 Å². The molecule has 11 heteroatoms. The van der Waals surface area contributed by atoms with E-state index in [1.54, 1.807) is 30.9 Å². The van der Waals surface area contributed by atoms with E-state index >= 15 is 0 Å². The first-order chi connectivity index (χ1) is 18.4. The highest BCUT2D eigenvalue weighted by Gasteiger charge is 2.34. The summed E-state index contributed by atoms with van der Waals surface area (Å²) in [6.07, 6.45) is 1.93. The lowest BCUT2D eigenvalue weighted by Crippen LogP contribution is -2.39. The van der Waals surface area contributed by atoms with Gasteiger partial charge in [0.25, 0.3) is 5.91 Å². The number of aliphatic hydroxyl groups is 1. The number of fused-ring (bicyclic) bond motifs is 2. The lowest BCUT2D eigenvalue weighted by molar-refractivity contribution is -0.00487. The Bertz CT molecular complexity index is 1420. The highest BCUT2D eigenvalue weighted by molar-refractivity contribution is 6.06. The number of rotatable bonds is 6. The number of anilines is 1. The van der Waals surface area contributed by atoms with Gasteiger partial charge in [-0.2, -0.15) is 0 Å². The van der Waals surface area contributed by atoms with E-state index in [0.717, 1.165) is 29.8 Å². The van der Waals surface area contributed by atoms with Gasteiger partial charge in [0, 0.05) is 25.0 Å². The van der Waals surface area contributed by atoms with Gasteiger partial charge >= 0.3 is 6.09 Å². The van der Waals surface area contributed by atoms with Gasteiger partial charge < -0.3 is 29.4 Å². The minimum absolute atomic E-state index is 0.105. The first-order valence-corrected chi connectivity index (χ1v) is 13.0. The van der Waals surface area contributed by atoms with E-state index in [4.69, 9.17) is 9.47 Å². The lowest BCUT2D eigenvalue weighted by Gasteiger charge is -2.30. The molecule has 0 fully saturated rings. The number of amides is 2. The summed E-state index contributed by atoms with van der Waals surface area (Å²) in [5, 5.41) is 21.4. The van der Waals surface area contributed by atoms with E-state index in [1.807, 2.05) is 18.2 Å². The number of benzene rings is 1. The summed E-state index contributed by atoms with van der Waals surface area (Å²) in [7, 11) is 1.52. The van der Waals surface area contributed by atoms with Crippen molar-refractivity contribution in [3.05, 3.63) is 52.8 Å². The molecule has 5 rings (SSSR count). The van der Waals surface area contributed by atoms with Gasteiger partial charge in [-0.1, -0.05) is 6.07 Å². The van der Waals surface area contributed by atoms with Crippen LogP contribution >= 0.6 is 0 Å². The summed E-state index contributed by atoms with van der Waals surface area (Å²) >= 11 is 0. The number of hydrogen-bond donors (Lipinski definition) is 2. The maximum Gasteiger partial charge on any atom is 0.410 e. The highest BCUT2D eigenvalue weighted by atomic mass is 16.6. The molecule has 2 aliphatic heterocycles. The summed E-state index contributed by atoms with van der Waals surface area (Å²) in [5.41, 5.74) is 1.56. The van der Waals surface area contributed by atoms with Gasteiger partial charge in [0.05, 0.1) is 18.3 Å². The molecule has 39 heavy (non-hydrogen) atoms. The fourth-order valence-electron chi connectivity index (χ4n) is 5.04.